The van der Waals surface area contributed by atoms with Gasteiger partial charge in [0, 0.05) is 17.9 Å². The van der Waals surface area contributed by atoms with E-state index in [9.17, 15) is 0 Å². The Kier molecular flexibility index (Phi) is 3.87. The number of nitrogens with one attached hydrogen (secondary N) is 1. The molecule has 2 aliphatic rings. The third kappa shape index (κ3) is 2.83. The summed E-state index contributed by atoms with van der Waals surface area (Å²) in [5.74, 6) is 3.71. The molecule has 1 aromatic rings. The number of hydrogen-bond acceptors (Lipinski definition) is 4. The minimum atomic E-state index is 0.490. The predicted octanol–water partition coefficient (Wildman–Crippen LogP) is 3.22. The van der Waals surface area contributed by atoms with Crippen molar-refractivity contribution in [3.05, 3.63) is 11.7 Å². The van der Waals surface area contributed by atoms with E-state index >= 15 is 0 Å². The van der Waals surface area contributed by atoms with Crippen LogP contribution in [0.3, 0.4) is 0 Å². The highest BCUT2D eigenvalue weighted by molar-refractivity contribution is 5.03. The van der Waals surface area contributed by atoms with Crippen LogP contribution in [-0.2, 0) is 0 Å². The second-order valence-corrected chi connectivity index (χ2v) is 6.44. The van der Waals surface area contributed by atoms with Gasteiger partial charge in [0.15, 0.2) is 5.82 Å². The summed E-state index contributed by atoms with van der Waals surface area (Å²) in [7, 11) is 2.05. The van der Waals surface area contributed by atoms with Gasteiger partial charge in [-0.2, -0.15) is 4.98 Å². The average Bonchev–Trinajstić information content (AvgIpc) is 3.07. The lowest BCUT2D eigenvalue weighted by molar-refractivity contribution is 0.287. The van der Waals surface area contributed by atoms with Crippen LogP contribution in [0.2, 0.25) is 0 Å². The minimum absolute atomic E-state index is 0.490. The SMILES string of the molecule is CNC1CCC(c2nc(C3CCC(C)C3)no2)CC1. The standard InChI is InChI=1S/C15H25N3O/c1-10-3-4-12(9-10)14-17-15(19-18-14)11-5-7-13(16-2)8-6-11/h10-13,16H,3-9H2,1-2H3. The molecule has 0 bridgehead atoms. The third-order valence-corrected chi connectivity index (χ3v) is 5.00. The molecule has 2 saturated carbocycles. The molecule has 0 aliphatic heterocycles. The van der Waals surface area contributed by atoms with Crippen molar-refractivity contribution >= 4 is 0 Å². The first-order valence-corrected chi connectivity index (χ1v) is 7.77. The normalized spacial score (nSPS) is 35.7. The van der Waals surface area contributed by atoms with Gasteiger partial charge >= 0.3 is 0 Å². The van der Waals surface area contributed by atoms with E-state index in [0.717, 1.165) is 17.6 Å². The summed E-state index contributed by atoms with van der Waals surface area (Å²) >= 11 is 0. The molecule has 1 aromatic heterocycles. The van der Waals surface area contributed by atoms with Gasteiger partial charge in [0.05, 0.1) is 0 Å². The second-order valence-electron chi connectivity index (χ2n) is 6.44. The first-order chi connectivity index (χ1) is 9.26. The minimum Gasteiger partial charge on any atom is -0.339 e. The Morgan fingerprint density at radius 2 is 1.79 bits per heavy atom. The van der Waals surface area contributed by atoms with Gasteiger partial charge in [-0.15, -0.1) is 0 Å². The maximum absolute atomic E-state index is 5.54. The van der Waals surface area contributed by atoms with E-state index in [1.807, 2.05) is 0 Å². The predicted molar refractivity (Wildman–Crippen MR) is 74.1 cm³/mol. The zero-order valence-corrected chi connectivity index (χ0v) is 12.1. The van der Waals surface area contributed by atoms with Crippen molar-refractivity contribution in [3.63, 3.8) is 0 Å². The Labute approximate surface area is 115 Å². The van der Waals surface area contributed by atoms with E-state index in [0.29, 0.717) is 17.9 Å². The van der Waals surface area contributed by atoms with Gasteiger partial charge in [-0.05, 0) is 57.9 Å². The molecule has 0 amide bonds. The van der Waals surface area contributed by atoms with Gasteiger partial charge in [-0.1, -0.05) is 12.1 Å². The van der Waals surface area contributed by atoms with Gasteiger partial charge in [-0.25, -0.2) is 0 Å². The molecule has 2 fully saturated rings. The van der Waals surface area contributed by atoms with E-state index < -0.39 is 0 Å². The highest BCUT2D eigenvalue weighted by Crippen LogP contribution is 2.38. The molecule has 3 rings (SSSR count). The van der Waals surface area contributed by atoms with Gasteiger partial charge < -0.3 is 9.84 Å². The van der Waals surface area contributed by atoms with Gasteiger partial charge in [0.2, 0.25) is 5.89 Å². The second kappa shape index (κ2) is 5.61. The third-order valence-electron chi connectivity index (χ3n) is 5.00. The van der Waals surface area contributed by atoms with E-state index in [-0.39, 0.29) is 0 Å². The molecule has 1 N–H and O–H groups in total. The number of rotatable bonds is 3. The van der Waals surface area contributed by atoms with Crippen LogP contribution < -0.4 is 5.32 Å². The molecule has 2 atom stereocenters. The van der Waals surface area contributed by atoms with E-state index in [1.165, 1.54) is 44.9 Å². The van der Waals surface area contributed by atoms with Crippen LogP contribution in [0, 0.1) is 5.92 Å². The molecule has 2 unspecified atom stereocenters. The fourth-order valence-corrected chi connectivity index (χ4v) is 3.65. The molecule has 0 aromatic carbocycles. The number of nitrogens with zero attached hydrogens (tertiary/aromatic N) is 2. The average molecular weight is 263 g/mol. The van der Waals surface area contributed by atoms with Crippen LogP contribution in [0.5, 0.6) is 0 Å². The van der Waals surface area contributed by atoms with Crippen molar-refractivity contribution in [2.75, 3.05) is 7.05 Å². The van der Waals surface area contributed by atoms with Crippen molar-refractivity contribution < 1.29 is 4.52 Å². The summed E-state index contributed by atoms with van der Waals surface area (Å²) in [5, 5.41) is 7.61. The fraction of sp³-hybridized carbons (Fsp3) is 0.867. The van der Waals surface area contributed by atoms with Crippen LogP contribution in [0.4, 0.5) is 0 Å². The smallest absolute Gasteiger partial charge is 0.229 e. The van der Waals surface area contributed by atoms with Gasteiger partial charge in [0.1, 0.15) is 0 Å². The molecule has 4 heteroatoms. The Hall–Kier alpha value is -0.900. The Balaban J connectivity index is 1.62. The first-order valence-electron chi connectivity index (χ1n) is 7.77. The molecular weight excluding hydrogens is 238 g/mol. The highest BCUT2D eigenvalue weighted by Gasteiger charge is 2.30. The first kappa shape index (κ1) is 13.1. The van der Waals surface area contributed by atoms with Crippen LogP contribution in [0.1, 0.15) is 75.4 Å². The Morgan fingerprint density at radius 3 is 2.42 bits per heavy atom. The summed E-state index contributed by atoms with van der Waals surface area (Å²) < 4.78 is 5.54. The summed E-state index contributed by atoms with van der Waals surface area (Å²) in [6.45, 7) is 2.32. The monoisotopic (exact) mass is 263 g/mol. The quantitative estimate of drug-likeness (QED) is 0.909. The van der Waals surface area contributed by atoms with E-state index in [2.05, 4.69) is 24.4 Å². The van der Waals surface area contributed by atoms with E-state index in [4.69, 9.17) is 9.51 Å². The van der Waals surface area contributed by atoms with Crippen LogP contribution in [0.15, 0.2) is 4.52 Å². The lowest BCUT2D eigenvalue weighted by Crippen LogP contribution is -2.29. The largest absolute Gasteiger partial charge is 0.339 e. The van der Waals surface area contributed by atoms with Crippen LogP contribution in [-0.4, -0.2) is 23.2 Å². The van der Waals surface area contributed by atoms with Gasteiger partial charge in [-0.3, -0.25) is 0 Å². The molecule has 106 valence electrons. The van der Waals surface area contributed by atoms with Crippen molar-refractivity contribution in [2.24, 2.45) is 5.92 Å². The van der Waals surface area contributed by atoms with Crippen LogP contribution >= 0.6 is 0 Å². The lowest BCUT2D eigenvalue weighted by Gasteiger charge is -2.25. The Morgan fingerprint density at radius 1 is 1.05 bits per heavy atom. The zero-order valence-electron chi connectivity index (χ0n) is 12.1. The zero-order chi connectivity index (χ0) is 13.2. The highest BCUT2D eigenvalue weighted by atomic mass is 16.5. The van der Waals surface area contributed by atoms with Crippen LogP contribution in [0.25, 0.3) is 0 Å². The molecule has 0 saturated heterocycles. The molecule has 4 nitrogen and oxygen atoms in total. The van der Waals surface area contributed by atoms with Crippen molar-refractivity contribution in [1.29, 1.82) is 0 Å². The maximum atomic E-state index is 5.54. The number of hydrogen-bond donors (Lipinski definition) is 1. The van der Waals surface area contributed by atoms with Gasteiger partial charge in [0.25, 0.3) is 0 Å². The Bertz CT molecular complexity index is 409. The lowest BCUT2D eigenvalue weighted by atomic mass is 9.86. The molecule has 19 heavy (non-hydrogen) atoms. The topological polar surface area (TPSA) is 51.0 Å². The molecule has 0 radical (unpaired) electrons. The molecule has 1 heterocycles. The summed E-state index contributed by atoms with van der Waals surface area (Å²) in [6.07, 6.45) is 8.56. The van der Waals surface area contributed by atoms with E-state index in [1.54, 1.807) is 0 Å². The van der Waals surface area contributed by atoms with Crippen molar-refractivity contribution in [1.82, 2.24) is 15.5 Å². The summed E-state index contributed by atoms with van der Waals surface area (Å²) in [5.41, 5.74) is 0. The summed E-state index contributed by atoms with van der Waals surface area (Å²) in [4.78, 5) is 4.70. The fourth-order valence-electron chi connectivity index (χ4n) is 3.65. The maximum Gasteiger partial charge on any atom is 0.229 e. The van der Waals surface area contributed by atoms with Crippen molar-refractivity contribution in [2.45, 2.75) is 69.7 Å². The van der Waals surface area contributed by atoms with Crippen molar-refractivity contribution in [3.8, 4) is 0 Å². The molecular formula is C15H25N3O. The molecule has 0 spiro atoms. The number of aromatic nitrogens is 2. The summed E-state index contributed by atoms with van der Waals surface area (Å²) in [6, 6.07) is 0.675. The molecule has 2 aliphatic carbocycles.